The summed E-state index contributed by atoms with van der Waals surface area (Å²) in [5.74, 6) is 3.41. The molecule has 58 heavy (non-hydrogen) atoms. The maximum Gasteiger partial charge on any atom is 0.0473 e. The molecule has 4 saturated carbocycles. The van der Waals surface area contributed by atoms with Crippen LogP contribution < -0.4 is 4.90 Å². The Bertz CT molecular complexity index is 2640. The average molecular weight is 746 g/mol. The Morgan fingerprint density at radius 2 is 1.00 bits per heavy atom. The van der Waals surface area contributed by atoms with Gasteiger partial charge in [0.15, 0.2) is 0 Å². The molecule has 5 unspecified atom stereocenters. The normalized spacial score (nSPS) is 23.4. The molecule has 0 radical (unpaired) electrons. The number of rotatable bonds is 7. The second-order valence-corrected chi connectivity index (χ2v) is 17.6. The van der Waals surface area contributed by atoms with Crippen LogP contribution in [-0.2, 0) is 5.41 Å². The number of hydrogen-bond acceptors (Lipinski definition) is 1. The molecule has 1 heteroatoms. The lowest BCUT2D eigenvalue weighted by Crippen LogP contribution is -2.40. The maximum absolute atomic E-state index is 2.68. The molecule has 7 aromatic rings. The predicted octanol–water partition coefficient (Wildman–Crippen LogP) is 15.2. The highest BCUT2D eigenvalue weighted by molar-refractivity contribution is 5.99. The summed E-state index contributed by atoms with van der Waals surface area (Å²) in [6, 6.07) is 65.4. The van der Waals surface area contributed by atoms with Gasteiger partial charge in [-0.05, 0) is 171 Å². The number of nitrogens with zero attached hydrogens (tertiary/aromatic N) is 1. The van der Waals surface area contributed by atoms with Crippen LogP contribution in [0.1, 0.15) is 49.7 Å². The topological polar surface area (TPSA) is 3.24 Å². The zero-order chi connectivity index (χ0) is 38.2. The van der Waals surface area contributed by atoms with Gasteiger partial charge in [0, 0.05) is 22.5 Å². The second kappa shape index (κ2) is 13.5. The monoisotopic (exact) mass is 745 g/mol. The molecule has 0 heterocycles. The highest BCUT2D eigenvalue weighted by Gasteiger charge is 2.67. The van der Waals surface area contributed by atoms with Crippen molar-refractivity contribution >= 4 is 22.6 Å². The second-order valence-electron chi connectivity index (χ2n) is 17.6. The SMILES string of the molecule is C1=C2C(=CCC1)C1(c3cccc(-c4cc(-c5ccccc5)cc(N(c5ccc(-c6ccccc6)cc5)c5ccc(-c6ccccc6)cc5)c4)c32)C2CC3CC(C2)C1C3. The molecule has 280 valence electrons. The molecule has 0 aromatic heterocycles. The molecule has 0 amide bonds. The van der Waals surface area contributed by atoms with Gasteiger partial charge in [-0.2, -0.15) is 0 Å². The van der Waals surface area contributed by atoms with E-state index in [9.17, 15) is 0 Å². The smallest absolute Gasteiger partial charge is 0.0473 e. The highest BCUT2D eigenvalue weighted by Crippen LogP contribution is 2.74. The molecule has 4 bridgehead atoms. The van der Waals surface area contributed by atoms with E-state index in [2.05, 4.69) is 193 Å². The fraction of sp³-hybridized carbons (Fsp3) is 0.193. The van der Waals surface area contributed by atoms with Gasteiger partial charge >= 0.3 is 0 Å². The van der Waals surface area contributed by atoms with Gasteiger partial charge in [-0.15, -0.1) is 0 Å². The Hall–Kier alpha value is -6.18. The van der Waals surface area contributed by atoms with E-state index >= 15 is 0 Å². The Labute approximate surface area is 343 Å². The van der Waals surface area contributed by atoms with Gasteiger partial charge in [-0.25, -0.2) is 0 Å². The first-order chi connectivity index (χ1) is 28.7. The Morgan fingerprint density at radius 1 is 0.431 bits per heavy atom. The summed E-state index contributed by atoms with van der Waals surface area (Å²) in [6.07, 6.45) is 13.3. The van der Waals surface area contributed by atoms with E-state index in [1.54, 1.807) is 16.7 Å². The van der Waals surface area contributed by atoms with E-state index < -0.39 is 0 Å². The van der Waals surface area contributed by atoms with E-state index in [4.69, 9.17) is 0 Å². The first kappa shape index (κ1) is 33.9. The molecule has 13 rings (SSSR count). The van der Waals surface area contributed by atoms with Gasteiger partial charge < -0.3 is 4.90 Å². The summed E-state index contributed by atoms with van der Waals surface area (Å²) in [5, 5.41) is 0. The molecule has 4 fully saturated rings. The van der Waals surface area contributed by atoms with Gasteiger partial charge in [0.2, 0.25) is 0 Å². The van der Waals surface area contributed by atoms with Gasteiger partial charge in [-0.1, -0.05) is 146 Å². The van der Waals surface area contributed by atoms with Crippen LogP contribution in [0.3, 0.4) is 0 Å². The van der Waals surface area contributed by atoms with Crippen LogP contribution in [0.2, 0.25) is 0 Å². The minimum atomic E-state index is 0.197. The Morgan fingerprint density at radius 3 is 1.62 bits per heavy atom. The summed E-state index contributed by atoms with van der Waals surface area (Å²) >= 11 is 0. The number of allylic oxidation sites excluding steroid dienone is 4. The van der Waals surface area contributed by atoms with E-state index in [0.717, 1.165) is 47.2 Å². The van der Waals surface area contributed by atoms with Crippen molar-refractivity contribution in [2.45, 2.75) is 43.9 Å². The number of fused-ring (bicyclic) bond motifs is 3. The van der Waals surface area contributed by atoms with E-state index in [1.165, 1.54) is 82.2 Å². The standard InChI is InChI=1S/C57H47N/c1-4-13-39(14-5-1)42-23-27-48(28-24-42)58(49-29-25-43(26-30-49)40-15-6-2-7-16-40)50-36-44(41-17-8-3-9-18-41)34-45(37-50)51-20-12-22-54-56(51)52-19-10-11-21-53(52)57(54)47-32-38-31-46(35-47)55(57)33-38/h1-9,12-30,34,36-38,46-47,55H,10-11,31-33,35H2. The van der Waals surface area contributed by atoms with Crippen LogP contribution in [0, 0.1) is 23.7 Å². The Kier molecular flexibility index (Phi) is 7.87. The van der Waals surface area contributed by atoms with Crippen LogP contribution in [0.25, 0.3) is 50.1 Å². The van der Waals surface area contributed by atoms with Crippen LogP contribution in [-0.4, -0.2) is 0 Å². The van der Waals surface area contributed by atoms with Gasteiger partial charge in [-0.3, -0.25) is 0 Å². The highest BCUT2D eigenvalue weighted by atomic mass is 15.1. The van der Waals surface area contributed by atoms with E-state index in [1.807, 2.05) is 0 Å². The summed E-state index contributed by atoms with van der Waals surface area (Å²) < 4.78 is 0. The fourth-order valence-corrected chi connectivity index (χ4v) is 12.5. The van der Waals surface area contributed by atoms with Crippen LogP contribution >= 0.6 is 0 Å². The van der Waals surface area contributed by atoms with Crippen molar-refractivity contribution in [1.29, 1.82) is 0 Å². The van der Waals surface area contributed by atoms with Crippen LogP contribution in [0.4, 0.5) is 17.1 Å². The zero-order valence-corrected chi connectivity index (χ0v) is 32.9. The lowest BCUT2D eigenvalue weighted by atomic mass is 9.59. The summed E-state index contributed by atoms with van der Waals surface area (Å²) in [6.45, 7) is 0. The zero-order valence-electron chi connectivity index (χ0n) is 32.9. The largest absolute Gasteiger partial charge is 0.310 e. The van der Waals surface area contributed by atoms with Gasteiger partial charge in [0.1, 0.15) is 0 Å². The molecule has 5 atom stereocenters. The molecule has 1 nitrogen and oxygen atoms in total. The molecule has 0 saturated heterocycles. The molecule has 0 N–H and O–H groups in total. The summed E-state index contributed by atoms with van der Waals surface area (Å²) in [4.78, 5) is 2.46. The van der Waals surface area contributed by atoms with Crippen molar-refractivity contribution in [2.24, 2.45) is 23.7 Å². The minimum Gasteiger partial charge on any atom is -0.310 e. The van der Waals surface area contributed by atoms with Crippen molar-refractivity contribution in [2.75, 3.05) is 4.90 Å². The van der Waals surface area contributed by atoms with E-state index in [-0.39, 0.29) is 5.41 Å². The number of benzene rings is 7. The first-order valence-corrected chi connectivity index (χ1v) is 21.6. The average Bonchev–Trinajstić information content (AvgIpc) is 3.85. The fourth-order valence-electron chi connectivity index (χ4n) is 12.5. The van der Waals surface area contributed by atoms with Gasteiger partial charge in [0.25, 0.3) is 0 Å². The molecule has 6 aliphatic rings. The quantitative estimate of drug-likeness (QED) is 0.157. The molecule has 6 aliphatic carbocycles. The summed E-state index contributed by atoms with van der Waals surface area (Å²) in [7, 11) is 0. The molecule has 1 spiro atoms. The van der Waals surface area contributed by atoms with Crippen LogP contribution in [0.15, 0.2) is 194 Å². The third-order valence-corrected chi connectivity index (χ3v) is 14.7. The molecule has 0 aliphatic heterocycles. The molecule has 7 aromatic carbocycles. The minimum absolute atomic E-state index is 0.197. The number of hydrogen-bond donors (Lipinski definition) is 0. The maximum atomic E-state index is 2.68. The molecular formula is C57H47N. The lowest BCUT2D eigenvalue weighted by Gasteiger charge is -2.44. The third-order valence-electron chi connectivity index (χ3n) is 14.7. The lowest BCUT2D eigenvalue weighted by molar-refractivity contribution is 0.190. The number of anilines is 3. The van der Waals surface area contributed by atoms with E-state index in [0.29, 0.717) is 0 Å². The van der Waals surface area contributed by atoms with Crippen molar-refractivity contribution in [3.05, 3.63) is 205 Å². The Balaban J connectivity index is 1.06. The predicted molar refractivity (Wildman–Crippen MR) is 242 cm³/mol. The first-order valence-electron chi connectivity index (χ1n) is 21.6. The third kappa shape index (κ3) is 5.22. The summed E-state index contributed by atoms with van der Waals surface area (Å²) in [5.41, 5.74) is 20.0. The molecular weight excluding hydrogens is 699 g/mol. The van der Waals surface area contributed by atoms with Crippen molar-refractivity contribution in [1.82, 2.24) is 0 Å². The van der Waals surface area contributed by atoms with Crippen molar-refractivity contribution < 1.29 is 0 Å². The van der Waals surface area contributed by atoms with Crippen molar-refractivity contribution in [3.63, 3.8) is 0 Å². The van der Waals surface area contributed by atoms with Crippen LogP contribution in [0.5, 0.6) is 0 Å². The van der Waals surface area contributed by atoms with Gasteiger partial charge in [0.05, 0.1) is 0 Å². The van der Waals surface area contributed by atoms with Crippen molar-refractivity contribution in [3.8, 4) is 44.5 Å².